The topological polar surface area (TPSA) is 135 Å². The Hall–Kier alpha value is -2.66. The Morgan fingerprint density at radius 3 is 2.35 bits per heavy atom. The summed E-state index contributed by atoms with van der Waals surface area (Å²) in [6.45, 7) is 1.45. The van der Waals surface area contributed by atoms with Gasteiger partial charge in [-0.3, -0.25) is 20.3 Å². The predicted octanol–water partition coefficient (Wildman–Crippen LogP) is 1.54. The summed E-state index contributed by atoms with van der Waals surface area (Å²) in [7, 11) is 0. The first kappa shape index (κ1) is 23.0. The molecule has 0 aromatic heterocycles. The van der Waals surface area contributed by atoms with E-state index in [0.29, 0.717) is 52.0 Å². The Balaban J connectivity index is 1.75. The number of ether oxygens (including phenoxy) is 1. The lowest BCUT2D eigenvalue weighted by molar-refractivity contribution is -0.142. The third-order valence-corrected chi connectivity index (χ3v) is 5.90. The van der Waals surface area contributed by atoms with Gasteiger partial charge in [-0.15, -0.1) is 0 Å². The van der Waals surface area contributed by atoms with Gasteiger partial charge in [0.15, 0.2) is 5.96 Å². The lowest BCUT2D eigenvalue weighted by Crippen LogP contribution is -2.59. The molecule has 0 bridgehead atoms. The van der Waals surface area contributed by atoms with Crippen LogP contribution in [0.25, 0.3) is 0 Å². The number of hydrogen-bond donors (Lipinski definition) is 4. The number of guanidine groups is 1. The average Bonchev–Trinajstić information content (AvgIpc) is 2.72. The second-order valence-corrected chi connectivity index (χ2v) is 8.00. The van der Waals surface area contributed by atoms with Crippen molar-refractivity contribution in [2.24, 2.45) is 11.5 Å². The lowest BCUT2D eigenvalue weighted by atomic mass is 9.84. The zero-order chi connectivity index (χ0) is 22.8. The molecule has 0 radical (unpaired) electrons. The smallest absolute Gasteiger partial charge is 0.381 e. The second kappa shape index (κ2) is 8.83. The summed E-state index contributed by atoms with van der Waals surface area (Å²) in [4.78, 5) is 26.4. The molecule has 0 atom stereocenters. The number of nitrogens with zero attached hydrogens (tertiary/aromatic N) is 1. The molecule has 6 N–H and O–H groups in total. The fourth-order valence-electron chi connectivity index (χ4n) is 4.15. The van der Waals surface area contributed by atoms with Crippen LogP contribution in [0.4, 0.5) is 13.2 Å². The molecule has 0 unspecified atom stereocenters. The molecule has 3 rings (SSSR count). The third-order valence-electron chi connectivity index (χ3n) is 5.90. The van der Waals surface area contributed by atoms with Crippen LogP contribution in [-0.4, -0.2) is 54.5 Å². The van der Waals surface area contributed by atoms with E-state index in [1.807, 2.05) is 5.32 Å². The summed E-state index contributed by atoms with van der Waals surface area (Å²) in [6, 6.07) is 3.36. The molecule has 11 heteroatoms. The Labute approximate surface area is 177 Å². The summed E-state index contributed by atoms with van der Waals surface area (Å²) in [5.74, 6) is -2.12. The summed E-state index contributed by atoms with van der Waals surface area (Å²) >= 11 is 0. The van der Waals surface area contributed by atoms with Crippen LogP contribution < -0.4 is 16.8 Å². The van der Waals surface area contributed by atoms with Crippen molar-refractivity contribution in [3.8, 4) is 0 Å². The molecule has 2 aliphatic rings. The minimum Gasteiger partial charge on any atom is -0.381 e. The maximum absolute atomic E-state index is 13.7. The van der Waals surface area contributed by atoms with E-state index in [1.165, 1.54) is 12.1 Å². The molecule has 170 valence electrons. The number of carbonyl (C=O) groups excluding carboxylic acids is 2. The van der Waals surface area contributed by atoms with Crippen molar-refractivity contribution in [3.05, 3.63) is 34.9 Å². The first-order valence-electron chi connectivity index (χ1n) is 10.0. The van der Waals surface area contributed by atoms with Crippen molar-refractivity contribution < 1.29 is 27.5 Å². The fraction of sp³-hybridized carbons (Fsp3) is 0.550. The Kier molecular flexibility index (Phi) is 6.56. The van der Waals surface area contributed by atoms with E-state index in [-0.39, 0.29) is 17.0 Å². The third kappa shape index (κ3) is 5.16. The van der Waals surface area contributed by atoms with Gasteiger partial charge in [0.05, 0.1) is 11.1 Å². The van der Waals surface area contributed by atoms with Crippen molar-refractivity contribution in [2.45, 2.75) is 43.3 Å². The standard InChI is InChI=1S/C20H26F3N5O3/c21-20(22,23)15-11-13(16(29)27-18(24)25)1-2-14(15)12-3-7-28(8-4-12)17(30)19(26)5-9-31-10-6-19/h1-2,11-12H,3-10,26H2,(H4,24,25,27,29). The van der Waals surface area contributed by atoms with Gasteiger partial charge < -0.3 is 21.1 Å². The molecular weight excluding hydrogens is 415 g/mol. The van der Waals surface area contributed by atoms with Crippen molar-refractivity contribution >= 4 is 17.8 Å². The van der Waals surface area contributed by atoms with E-state index in [2.05, 4.69) is 0 Å². The predicted molar refractivity (Wildman–Crippen MR) is 106 cm³/mol. The maximum Gasteiger partial charge on any atom is 0.416 e. The number of benzene rings is 1. The van der Waals surface area contributed by atoms with E-state index < -0.39 is 35.1 Å². The molecule has 2 aliphatic heterocycles. The van der Waals surface area contributed by atoms with E-state index in [9.17, 15) is 22.8 Å². The molecule has 2 heterocycles. The number of halogens is 3. The fourth-order valence-corrected chi connectivity index (χ4v) is 4.15. The second-order valence-electron chi connectivity index (χ2n) is 8.00. The molecule has 2 fully saturated rings. The summed E-state index contributed by atoms with van der Waals surface area (Å²) in [5.41, 5.74) is 9.32. The molecule has 2 saturated heterocycles. The van der Waals surface area contributed by atoms with Crippen molar-refractivity contribution in [1.29, 1.82) is 5.41 Å². The number of nitrogens with two attached hydrogens (primary N) is 2. The number of carbonyl (C=O) groups is 2. The first-order valence-corrected chi connectivity index (χ1v) is 10.0. The number of nitrogens with one attached hydrogen (secondary N) is 2. The van der Waals surface area contributed by atoms with Crippen LogP contribution in [0.2, 0.25) is 0 Å². The highest BCUT2D eigenvalue weighted by molar-refractivity contribution is 6.04. The van der Waals surface area contributed by atoms with Gasteiger partial charge in [-0.05, 0) is 49.3 Å². The van der Waals surface area contributed by atoms with Crippen LogP contribution in [0.15, 0.2) is 18.2 Å². The van der Waals surface area contributed by atoms with Gasteiger partial charge in [0.25, 0.3) is 5.91 Å². The largest absolute Gasteiger partial charge is 0.416 e. The van der Waals surface area contributed by atoms with E-state index in [0.717, 1.165) is 6.07 Å². The maximum atomic E-state index is 13.7. The zero-order valence-corrected chi connectivity index (χ0v) is 16.9. The Bertz CT molecular complexity index is 860. The van der Waals surface area contributed by atoms with Crippen LogP contribution in [0.5, 0.6) is 0 Å². The highest BCUT2D eigenvalue weighted by Crippen LogP contribution is 2.39. The molecule has 2 amide bonds. The number of rotatable bonds is 3. The SMILES string of the molecule is N=C(N)NC(=O)c1ccc(C2CCN(C(=O)C3(N)CCOCC3)CC2)c(C(F)(F)F)c1. The van der Waals surface area contributed by atoms with Crippen LogP contribution in [0, 0.1) is 5.41 Å². The average molecular weight is 441 g/mol. The van der Waals surface area contributed by atoms with E-state index in [4.69, 9.17) is 21.6 Å². The Morgan fingerprint density at radius 1 is 1.19 bits per heavy atom. The highest BCUT2D eigenvalue weighted by atomic mass is 19.4. The molecule has 8 nitrogen and oxygen atoms in total. The first-order chi connectivity index (χ1) is 14.5. The summed E-state index contributed by atoms with van der Waals surface area (Å²) in [6.07, 6.45) is -3.08. The number of piperidine rings is 1. The number of amides is 2. The van der Waals surface area contributed by atoms with Gasteiger partial charge >= 0.3 is 6.18 Å². The van der Waals surface area contributed by atoms with Gasteiger partial charge in [0.1, 0.15) is 0 Å². The van der Waals surface area contributed by atoms with Gasteiger partial charge in [0, 0.05) is 31.9 Å². The molecular formula is C20H26F3N5O3. The molecule has 31 heavy (non-hydrogen) atoms. The van der Waals surface area contributed by atoms with Crippen LogP contribution in [0.3, 0.4) is 0 Å². The quantitative estimate of drug-likeness (QED) is 0.417. The number of likely N-dealkylation sites (tertiary alicyclic amines) is 1. The summed E-state index contributed by atoms with van der Waals surface area (Å²) < 4.78 is 46.4. The van der Waals surface area contributed by atoms with Crippen LogP contribution in [-0.2, 0) is 15.7 Å². The monoisotopic (exact) mass is 441 g/mol. The van der Waals surface area contributed by atoms with Gasteiger partial charge in [-0.1, -0.05) is 6.07 Å². The molecule has 0 aliphatic carbocycles. The van der Waals surface area contributed by atoms with Gasteiger partial charge in [-0.2, -0.15) is 13.2 Å². The van der Waals surface area contributed by atoms with Crippen LogP contribution in [0.1, 0.15) is 53.1 Å². The minimum atomic E-state index is -4.65. The normalized spacial score (nSPS) is 19.7. The minimum absolute atomic E-state index is 0.0903. The van der Waals surface area contributed by atoms with Crippen molar-refractivity contribution in [3.63, 3.8) is 0 Å². The van der Waals surface area contributed by atoms with Crippen molar-refractivity contribution in [2.75, 3.05) is 26.3 Å². The van der Waals surface area contributed by atoms with E-state index >= 15 is 0 Å². The molecule has 0 saturated carbocycles. The van der Waals surface area contributed by atoms with Crippen molar-refractivity contribution in [1.82, 2.24) is 10.2 Å². The zero-order valence-electron chi connectivity index (χ0n) is 16.9. The highest BCUT2D eigenvalue weighted by Gasteiger charge is 2.41. The number of hydrogen-bond acceptors (Lipinski definition) is 5. The molecule has 1 aromatic rings. The lowest BCUT2D eigenvalue weighted by Gasteiger charge is -2.40. The van der Waals surface area contributed by atoms with Crippen LogP contribution >= 0.6 is 0 Å². The van der Waals surface area contributed by atoms with Gasteiger partial charge in [0.2, 0.25) is 5.91 Å². The summed E-state index contributed by atoms with van der Waals surface area (Å²) in [5, 5.41) is 9.05. The molecule has 0 spiro atoms. The van der Waals surface area contributed by atoms with E-state index in [1.54, 1.807) is 4.90 Å². The number of alkyl halides is 3. The Morgan fingerprint density at radius 2 is 1.81 bits per heavy atom. The van der Waals surface area contributed by atoms with Gasteiger partial charge in [-0.25, -0.2) is 0 Å². The molecule has 1 aromatic carbocycles.